The molecule has 1 saturated heterocycles. The molecule has 2 atom stereocenters. The molecule has 1 unspecified atom stereocenters. The number of carbonyl (C=O) groups is 4. The highest BCUT2D eigenvalue weighted by molar-refractivity contribution is 6.13. The van der Waals surface area contributed by atoms with Gasteiger partial charge in [-0.05, 0) is 12.8 Å². The number of ether oxygens (including phenoxy) is 3. The first-order valence-corrected chi connectivity index (χ1v) is 8.71. The highest BCUT2D eigenvalue weighted by atomic mass is 16.6. The number of esters is 3. The Labute approximate surface area is 163 Å². The Kier molecular flexibility index (Phi) is 7.51. The molecule has 28 heavy (non-hydrogen) atoms. The second-order valence-corrected chi connectivity index (χ2v) is 6.91. The van der Waals surface area contributed by atoms with E-state index < -0.39 is 53.3 Å². The molecule has 1 heterocycles. The summed E-state index contributed by atoms with van der Waals surface area (Å²) in [6, 6.07) is -1.33. The zero-order valence-corrected chi connectivity index (χ0v) is 16.6. The lowest BCUT2D eigenvalue weighted by Gasteiger charge is -2.43. The summed E-state index contributed by atoms with van der Waals surface area (Å²) in [6.45, 7) is 10.7. The highest BCUT2D eigenvalue weighted by Gasteiger charge is 2.73. The summed E-state index contributed by atoms with van der Waals surface area (Å²) in [6.07, 6.45) is 1.92. The van der Waals surface area contributed by atoms with Crippen LogP contribution in [0.15, 0.2) is 25.3 Å². The molecular weight excluding hydrogens is 370 g/mol. The van der Waals surface area contributed by atoms with Crippen LogP contribution in [0.1, 0.15) is 27.2 Å². The predicted octanol–water partition coefficient (Wildman–Crippen LogP) is 0.365. The van der Waals surface area contributed by atoms with Gasteiger partial charge in [-0.15, -0.1) is 0 Å². The maximum atomic E-state index is 13.0. The quantitative estimate of drug-likeness (QED) is 0.256. The largest absolute Gasteiger partial charge is 0.467 e. The molecular formula is C19H27NO8. The van der Waals surface area contributed by atoms with Crippen LogP contribution < -0.4 is 0 Å². The number of likely N-dealkylation sites (tertiary alicyclic amines) is 1. The second kappa shape index (κ2) is 9.01. The van der Waals surface area contributed by atoms with Crippen molar-refractivity contribution in [2.75, 3.05) is 20.3 Å². The normalized spacial score (nSPS) is 21.8. The standard InChI is InChI=1S/C19H27NO8/c1-7-9-27-16(23)19(17(24)28-10-8-2)18(5,25)11-13(21)20(19)14(12(3)4)15(22)26-6/h7-8,12,14,25H,1-2,9-11H2,3-6H3/t14-,18?/m1/s1. The third kappa shape index (κ3) is 3.80. The molecule has 0 aromatic carbocycles. The minimum Gasteiger partial charge on any atom is -0.467 e. The van der Waals surface area contributed by atoms with Crippen molar-refractivity contribution in [3.63, 3.8) is 0 Å². The molecule has 0 saturated carbocycles. The summed E-state index contributed by atoms with van der Waals surface area (Å²) in [5, 5.41) is 11.0. The Morgan fingerprint density at radius 2 is 1.64 bits per heavy atom. The van der Waals surface area contributed by atoms with Gasteiger partial charge in [-0.1, -0.05) is 39.2 Å². The van der Waals surface area contributed by atoms with Crippen molar-refractivity contribution >= 4 is 23.8 Å². The van der Waals surface area contributed by atoms with Crippen LogP contribution in [0.3, 0.4) is 0 Å². The Hall–Kier alpha value is -2.68. The Bertz CT molecular complexity index is 643. The van der Waals surface area contributed by atoms with Gasteiger partial charge in [-0.3, -0.25) is 4.79 Å². The monoisotopic (exact) mass is 397 g/mol. The van der Waals surface area contributed by atoms with E-state index in [1.165, 1.54) is 12.2 Å². The summed E-state index contributed by atoms with van der Waals surface area (Å²) >= 11 is 0. The Balaban J connectivity index is 3.74. The van der Waals surface area contributed by atoms with Gasteiger partial charge in [0, 0.05) is 0 Å². The Morgan fingerprint density at radius 1 is 1.18 bits per heavy atom. The molecule has 9 heteroatoms. The Morgan fingerprint density at radius 3 is 2.00 bits per heavy atom. The maximum absolute atomic E-state index is 13.0. The third-order valence-electron chi connectivity index (χ3n) is 4.51. The predicted molar refractivity (Wildman–Crippen MR) is 97.8 cm³/mol. The fourth-order valence-corrected chi connectivity index (χ4v) is 3.31. The molecule has 1 aliphatic heterocycles. The first-order chi connectivity index (χ1) is 13.0. The average Bonchev–Trinajstić information content (AvgIpc) is 2.83. The topological polar surface area (TPSA) is 119 Å². The van der Waals surface area contributed by atoms with E-state index in [2.05, 4.69) is 13.2 Å². The SMILES string of the molecule is C=CCOC(=O)C1(C(=O)OCC=C)N([C@@H](C(=O)OC)C(C)C)C(=O)CC1(C)O. The molecule has 1 aliphatic rings. The van der Waals surface area contributed by atoms with Crippen molar-refractivity contribution in [3.8, 4) is 0 Å². The third-order valence-corrected chi connectivity index (χ3v) is 4.51. The van der Waals surface area contributed by atoms with Crippen LogP contribution in [0.4, 0.5) is 0 Å². The number of nitrogens with zero attached hydrogens (tertiary/aromatic N) is 1. The second-order valence-electron chi connectivity index (χ2n) is 6.91. The first-order valence-electron chi connectivity index (χ1n) is 8.71. The van der Waals surface area contributed by atoms with E-state index in [4.69, 9.17) is 14.2 Å². The molecule has 156 valence electrons. The lowest BCUT2D eigenvalue weighted by atomic mass is 9.80. The average molecular weight is 397 g/mol. The van der Waals surface area contributed by atoms with Gasteiger partial charge in [-0.25, -0.2) is 14.4 Å². The first kappa shape index (κ1) is 23.4. The number of rotatable bonds is 9. The number of aliphatic hydroxyl groups is 1. The van der Waals surface area contributed by atoms with Gasteiger partial charge in [0.2, 0.25) is 5.91 Å². The van der Waals surface area contributed by atoms with E-state index in [0.717, 1.165) is 18.9 Å². The lowest BCUT2D eigenvalue weighted by Crippen LogP contribution is -2.71. The summed E-state index contributed by atoms with van der Waals surface area (Å²) < 4.78 is 14.9. The van der Waals surface area contributed by atoms with Crippen LogP contribution in [0.25, 0.3) is 0 Å². The van der Waals surface area contributed by atoms with Crippen molar-refractivity contribution in [2.45, 2.75) is 44.4 Å². The van der Waals surface area contributed by atoms with Gasteiger partial charge >= 0.3 is 17.9 Å². The van der Waals surface area contributed by atoms with Crippen molar-refractivity contribution in [3.05, 3.63) is 25.3 Å². The lowest BCUT2D eigenvalue weighted by molar-refractivity contribution is -0.193. The molecule has 0 aromatic rings. The van der Waals surface area contributed by atoms with Crippen molar-refractivity contribution < 1.29 is 38.5 Å². The number of hydrogen-bond acceptors (Lipinski definition) is 8. The van der Waals surface area contributed by atoms with E-state index in [9.17, 15) is 24.3 Å². The zero-order chi connectivity index (χ0) is 21.7. The van der Waals surface area contributed by atoms with E-state index in [0.29, 0.717) is 0 Å². The minimum atomic E-state index is -2.60. The van der Waals surface area contributed by atoms with Gasteiger partial charge < -0.3 is 24.2 Å². The van der Waals surface area contributed by atoms with E-state index in [-0.39, 0.29) is 13.2 Å². The number of methoxy groups -OCH3 is 1. The maximum Gasteiger partial charge on any atom is 0.347 e. The van der Waals surface area contributed by atoms with Crippen LogP contribution in [0, 0.1) is 5.92 Å². The minimum absolute atomic E-state index is 0.280. The molecule has 0 aromatic heterocycles. The molecule has 1 N–H and O–H groups in total. The van der Waals surface area contributed by atoms with Gasteiger partial charge in [-0.2, -0.15) is 0 Å². The van der Waals surface area contributed by atoms with Crippen molar-refractivity contribution in [1.29, 1.82) is 0 Å². The van der Waals surface area contributed by atoms with Crippen LogP contribution >= 0.6 is 0 Å². The van der Waals surface area contributed by atoms with Gasteiger partial charge in [0.25, 0.3) is 5.54 Å². The fourth-order valence-electron chi connectivity index (χ4n) is 3.31. The number of hydrogen-bond donors (Lipinski definition) is 1. The highest BCUT2D eigenvalue weighted by Crippen LogP contribution is 2.44. The zero-order valence-electron chi connectivity index (χ0n) is 16.6. The molecule has 0 spiro atoms. The van der Waals surface area contributed by atoms with E-state index in [1.54, 1.807) is 13.8 Å². The molecule has 0 bridgehead atoms. The van der Waals surface area contributed by atoms with Crippen LogP contribution in [-0.4, -0.2) is 71.3 Å². The summed E-state index contributed by atoms with van der Waals surface area (Å²) in [5.74, 6) is -4.65. The smallest absolute Gasteiger partial charge is 0.347 e. The van der Waals surface area contributed by atoms with E-state index in [1.807, 2.05) is 0 Å². The fraction of sp³-hybridized carbons (Fsp3) is 0.579. The van der Waals surface area contributed by atoms with Crippen molar-refractivity contribution in [1.82, 2.24) is 4.90 Å². The van der Waals surface area contributed by atoms with E-state index >= 15 is 0 Å². The number of carbonyl (C=O) groups excluding carboxylic acids is 4. The molecule has 9 nitrogen and oxygen atoms in total. The molecule has 1 amide bonds. The summed E-state index contributed by atoms with van der Waals surface area (Å²) in [7, 11) is 1.12. The summed E-state index contributed by atoms with van der Waals surface area (Å²) in [4.78, 5) is 52.1. The van der Waals surface area contributed by atoms with Gasteiger partial charge in [0.1, 0.15) is 24.9 Å². The summed E-state index contributed by atoms with van der Waals surface area (Å²) in [5.41, 5.74) is -4.80. The molecule has 0 radical (unpaired) electrons. The van der Waals surface area contributed by atoms with Crippen LogP contribution in [0.2, 0.25) is 0 Å². The number of amides is 1. The van der Waals surface area contributed by atoms with Crippen LogP contribution in [-0.2, 0) is 33.4 Å². The van der Waals surface area contributed by atoms with Gasteiger partial charge in [0.15, 0.2) is 0 Å². The molecule has 1 rings (SSSR count). The van der Waals surface area contributed by atoms with Gasteiger partial charge in [0.05, 0.1) is 13.5 Å². The molecule has 1 fully saturated rings. The molecule has 0 aliphatic carbocycles. The van der Waals surface area contributed by atoms with Crippen molar-refractivity contribution in [2.24, 2.45) is 5.92 Å². The van der Waals surface area contributed by atoms with Crippen LogP contribution in [0.5, 0.6) is 0 Å².